The lowest BCUT2D eigenvalue weighted by Crippen LogP contribution is -1.96. The summed E-state index contributed by atoms with van der Waals surface area (Å²) >= 11 is 10.8. The zero-order valence-corrected chi connectivity index (χ0v) is 12.9. The van der Waals surface area contributed by atoms with E-state index in [4.69, 9.17) is 11.6 Å². The lowest BCUT2D eigenvalue weighted by Gasteiger charge is -2.05. The fourth-order valence-electron chi connectivity index (χ4n) is 1.93. The van der Waals surface area contributed by atoms with Crippen LogP contribution in [0.25, 0.3) is 10.4 Å². The van der Waals surface area contributed by atoms with Gasteiger partial charge in [-0.3, -0.25) is 4.79 Å². The lowest BCUT2D eigenvalue weighted by molar-refractivity contribution is 0.0971. The van der Waals surface area contributed by atoms with E-state index in [1.165, 1.54) is 23.5 Å². The Morgan fingerprint density at radius 1 is 1.37 bits per heavy atom. The molecule has 1 aliphatic rings. The summed E-state index contributed by atoms with van der Waals surface area (Å²) in [6, 6.07) is 6.35. The van der Waals surface area contributed by atoms with Gasteiger partial charge in [-0.2, -0.15) is 0 Å². The molecule has 1 fully saturated rings. The topological polar surface area (TPSA) is 17.1 Å². The highest BCUT2D eigenvalue weighted by Gasteiger charge is 2.31. The summed E-state index contributed by atoms with van der Waals surface area (Å²) in [5.74, 6) is 0.0377. The molecule has 0 N–H and O–H groups in total. The monoisotopic (exact) mass is 358 g/mol. The molecule has 0 unspecified atom stereocenters. The standard InChI is InChI=1S/C14H9BrClFOS/c15-9-5-8(17)6-10(16)13(9)11-3-4-12(19-11)14(18)7-1-2-7/h3-7H,1-2H2. The molecule has 1 nitrogen and oxygen atoms in total. The van der Waals surface area contributed by atoms with Gasteiger partial charge in [0.2, 0.25) is 0 Å². The van der Waals surface area contributed by atoms with Crippen LogP contribution in [0.3, 0.4) is 0 Å². The molecule has 0 atom stereocenters. The third-order valence-electron chi connectivity index (χ3n) is 3.05. The Kier molecular flexibility index (Phi) is 3.50. The zero-order chi connectivity index (χ0) is 13.6. The molecule has 0 bridgehead atoms. The maximum absolute atomic E-state index is 13.2. The van der Waals surface area contributed by atoms with Crippen molar-refractivity contribution >= 4 is 44.7 Å². The van der Waals surface area contributed by atoms with Crippen LogP contribution in [0, 0.1) is 11.7 Å². The lowest BCUT2D eigenvalue weighted by atomic mass is 10.2. The van der Waals surface area contributed by atoms with Gasteiger partial charge >= 0.3 is 0 Å². The SMILES string of the molecule is O=C(c1ccc(-c2c(Cl)cc(F)cc2Br)s1)C1CC1. The molecule has 0 radical (unpaired) electrons. The Labute approximate surface area is 127 Å². The Morgan fingerprint density at radius 3 is 2.74 bits per heavy atom. The number of hydrogen-bond acceptors (Lipinski definition) is 2. The van der Waals surface area contributed by atoms with E-state index in [2.05, 4.69) is 15.9 Å². The second-order valence-corrected chi connectivity index (χ2v) is 6.89. The number of halogens is 3. The second kappa shape index (κ2) is 5.00. The van der Waals surface area contributed by atoms with Crippen LogP contribution in [-0.2, 0) is 0 Å². The van der Waals surface area contributed by atoms with Gasteiger partial charge in [0.1, 0.15) is 5.82 Å². The van der Waals surface area contributed by atoms with E-state index in [-0.39, 0.29) is 17.5 Å². The number of Topliss-reactive ketones (excluding diaryl/α,β-unsaturated/α-hetero) is 1. The Morgan fingerprint density at radius 2 is 2.11 bits per heavy atom. The summed E-state index contributed by atoms with van der Waals surface area (Å²) in [5, 5.41) is 0.346. The predicted octanol–water partition coefficient (Wildman–Crippen LogP) is 5.56. The van der Waals surface area contributed by atoms with Gasteiger partial charge in [-0.25, -0.2) is 4.39 Å². The van der Waals surface area contributed by atoms with Crippen LogP contribution in [0.5, 0.6) is 0 Å². The van der Waals surface area contributed by atoms with Gasteiger partial charge < -0.3 is 0 Å². The van der Waals surface area contributed by atoms with Crippen molar-refractivity contribution in [3.8, 4) is 10.4 Å². The number of ketones is 1. The molecule has 1 aromatic carbocycles. The maximum Gasteiger partial charge on any atom is 0.175 e. The van der Waals surface area contributed by atoms with E-state index in [9.17, 15) is 9.18 Å². The quantitative estimate of drug-likeness (QED) is 0.655. The van der Waals surface area contributed by atoms with Gasteiger partial charge in [-0.1, -0.05) is 11.6 Å². The highest BCUT2D eigenvalue weighted by molar-refractivity contribution is 9.10. The maximum atomic E-state index is 13.2. The third kappa shape index (κ3) is 2.62. The van der Waals surface area contributed by atoms with Crippen molar-refractivity contribution in [2.75, 3.05) is 0 Å². The first-order chi connectivity index (χ1) is 9.06. The van der Waals surface area contributed by atoms with Gasteiger partial charge in [0.25, 0.3) is 0 Å². The van der Waals surface area contributed by atoms with E-state index < -0.39 is 0 Å². The van der Waals surface area contributed by atoms with E-state index in [0.717, 1.165) is 28.2 Å². The average Bonchev–Trinajstić information content (AvgIpc) is 3.07. The van der Waals surface area contributed by atoms with E-state index >= 15 is 0 Å². The molecule has 5 heteroatoms. The minimum absolute atomic E-state index is 0.207. The fraction of sp³-hybridized carbons (Fsp3) is 0.214. The Bertz CT molecular complexity index is 640. The van der Waals surface area contributed by atoms with Crippen molar-refractivity contribution < 1.29 is 9.18 Å². The fourth-order valence-corrected chi connectivity index (χ4v) is 4.28. The van der Waals surface area contributed by atoms with Gasteiger partial charge in [-0.15, -0.1) is 11.3 Å². The molecule has 1 aliphatic carbocycles. The average molecular weight is 360 g/mol. The Balaban J connectivity index is 2.01. The van der Waals surface area contributed by atoms with Crippen LogP contribution >= 0.6 is 38.9 Å². The smallest absolute Gasteiger partial charge is 0.175 e. The van der Waals surface area contributed by atoms with Crippen molar-refractivity contribution in [2.24, 2.45) is 5.92 Å². The summed E-state index contributed by atoms with van der Waals surface area (Å²) in [4.78, 5) is 13.6. The van der Waals surface area contributed by atoms with Crippen molar-refractivity contribution in [1.29, 1.82) is 0 Å². The molecule has 0 saturated heterocycles. The van der Waals surface area contributed by atoms with Crippen LogP contribution in [0.1, 0.15) is 22.5 Å². The second-order valence-electron chi connectivity index (χ2n) is 4.55. The van der Waals surface area contributed by atoms with Crippen LogP contribution in [0.4, 0.5) is 4.39 Å². The molecule has 1 saturated carbocycles. The molecule has 3 rings (SSSR count). The molecule has 1 heterocycles. The molecule has 0 aliphatic heterocycles. The van der Waals surface area contributed by atoms with Crippen molar-refractivity contribution in [3.63, 3.8) is 0 Å². The normalized spacial score (nSPS) is 14.7. The van der Waals surface area contributed by atoms with Gasteiger partial charge in [-0.05, 0) is 53.0 Å². The van der Waals surface area contributed by atoms with Gasteiger partial charge in [0.15, 0.2) is 5.78 Å². The van der Waals surface area contributed by atoms with Crippen LogP contribution in [0.15, 0.2) is 28.7 Å². The number of hydrogen-bond donors (Lipinski definition) is 0. The van der Waals surface area contributed by atoms with Crippen LogP contribution < -0.4 is 0 Å². The minimum Gasteiger partial charge on any atom is -0.293 e. The molecule has 98 valence electrons. The van der Waals surface area contributed by atoms with E-state index in [1.807, 2.05) is 12.1 Å². The van der Waals surface area contributed by atoms with Gasteiger partial charge in [0, 0.05) is 20.8 Å². The van der Waals surface area contributed by atoms with E-state index in [1.54, 1.807) is 0 Å². The molecular formula is C14H9BrClFOS. The number of thiophene rings is 1. The van der Waals surface area contributed by atoms with Crippen molar-refractivity contribution in [1.82, 2.24) is 0 Å². The summed E-state index contributed by atoms with van der Waals surface area (Å²) in [5.41, 5.74) is 0.739. The van der Waals surface area contributed by atoms with Crippen molar-refractivity contribution in [3.05, 3.63) is 44.5 Å². The molecule has 2 aromatic rings. The number of carbonyl (C=O) groups excluding carboxylic acids is 1. The van der Waals surface area contributed by atoms with E-state index in [0.29, 0.717) is 9.50 Å². The summed E-state index contributed by atoms with van der Waals surface area (Å²) in [6.07, 6.45) is 1.99. The zero-order valence-electron chi connectivity index (χ0n) is 9.75. The third-order valence-corrected chi connectivity index (χ3v) is 5.09. The summed E-state index contributed by atoms with van der Waals surface area (Å²) < 4.78 is 13.8. The first-order valence-corrected chi connectivity index (χ1v) is 7.84. The number of benzene rings is 1. The van der Waals surface area contributed by atoms with Gasteiger partial charge in [0.05, 0.1) is 9.90 Å². The van der Waals surface area contributed by atoms with Crippen LogP contribution in [-0.4, -0.2) is 5.78 Å². The Hall–Kier alpha value is -0.710. The largest absolute Gasteiger partial charge is 0.293 e. The van der Waals surface area contributed by atoms with Crippen LogP contribution in [0.2, 0.25) is 5.02 Å². The molecule has 0 spiro atoms. The first-order valence-electron chi connectivity index (χ1n) is 5.85. The highest BCUT2D eigenvalue weighted by atomic mass is 79.9. The highest BCUT2D eigenvalue weighted by Crippen LogP contribution is 2.41. The van der Waals surface area contributed by atoms with Crippen molar-refractivity contribution in [2.45, 2.75) is 12.8 Å². The first kappa shape index (κ1) is 13.3. The summed E-state index contributed by atoms with van der Waals surface area (Å²) in [7, 11) is 0. The molecule has 19 heavy (non-hydrogen) atoms. The number of rotatable bonds is 3. The number of carbonyl (C=O) groups is 1. The molecule has 1 aromatic heterocycles. The predicted molar refractivity (Wildman–Crippen MR) is 79.5 cm³/mol. The minimum atomic E-state index is -0.383. The molecular weight excluding hydrogens is 351 g/mol. The summed E-state index contributed by atoms with van der Waals surface area (Å²) in [6.45, 7) is 0. The molecule has 0 amide bonds.